The van der Waals surface area contributed by atoms with E-state index in [-0.39, 0.29) is 0 Å². The lowest BCUT2D eigenvalue weighted by Crippen LogP contribution is -2.11. The van der Waals surface area contributed by atoms with Crippen LogP contribution in [0, 0.1) is 12.8 Å². The third-order valence-corrected chi connectivity index (χ3v) is 3.95. The Balaban J connectivity index is 1.84. The number of aromatic nitrogens is 2. The molecule has 106 valence electrons. The van der Waals surface area contributed by atoms with Gasteiger partial charge in [0.1, 0.15) is 18.0 Å². The van der Waals surface area contributed by atoms with Crippen molar-refractivity contribution in [3.63, 3.8) is 0 Å². The fourth-order valence-electron chi connectivity index (χ4n) is 2.74. The third-order valence-electron chi connectivity index (χ3n) is 3.95. The molecule has 1 aromatic heterocycles. The summed E-state index contributed by atoms with van der Waals surface area (Å²) in [6.45, 7) is 6.22. The lowest BCUT2D eigenvalue weighted by Gasteiger charge is -2.14. The summed E-state index contributed by atoms with van der Waals surface area (Å²) in [5.41, 5.74) is 1.13. The zero-order chi connectivity index (χ0) is 13.5. The maximum Gasteiger partial charge on any atom is 0.134 e. The molecule has 0 aromatic carbocycles. The number of nitrogens with one attached hydrogen (secondary N) is 2. The molecule has 2 rings (SSSR count). The molecule has 0 spiro atoms. The molecule has 1 saturated carbocycles. The minimum Gasteiger partial charge on any atom is -0.370 e. The van der Waals surface area contributed by atoms with Gasteiger partial charge in [-0.05, 0) is 25.7 Å². The summed E-state index contributed by atoms with van der Waals surface area (Å²) in [5, 5.41) is 6.81. The van der Waals surface area contributed by atoms with Gasteiger partial charge in [0.25, 0.3) is 0 Å². The quantitative estimate of drug-likeness (QED) is 0.788. The largest absolute Gasteiger partial charge is 0.370 e. The van der Waals surface area contributed by atoms with E-state index in [1.165, 1.54) is 32.1 Å². The minimum atomic E-state index is 0.923. The van der Waals surface area contributed by atoms with Crippen LogP contribution in [0.1, 0.15) is 51.0 Å². The van der Waals surface area contributed by atoms with Crippen LogP contribution in [0.2, 0.25) is 0 Å². The molecule has 2 N–H and O–H groups in total. The Morgan fingerprint density at radius 2 is 1.74 bits per heavy atom. The molecule has 4 heteroatoms. The SMILES string of the molecule is CCCNc1ncnc(NCCC2CCCC2)c1C. The zero-order valence-electron chi connectivity index (χ0n) is 12.2. The van der Waals surface area contributed by atoms with Gasteiger partial charge in [-0.3, -0.25) is 0 Å². The molecular weight excluding hydrogens is 236 g/mol. The Bertz CT molecular complexity index is 386. The molecule has 0 atom stereocenters. The Morgan fingerprint density at radius 3 is 2.37 bits per heavy atom. The van der Waals surface area contributed by atoms with Crippen molar-refractivity contribution in [2.75, 3.05) is 23.7 Å². The predicted molar refractivity (Wildman–Crippen MR) is 80.6 cm³/mol. The van der Waals surface area contributed by atoms with E-state index in [1.54, 1.807) is 6.33 Å². The van der Waals surface area contributed by atoms with E-state index < -0.39 is 0 Å². The van der Waals surface area contributed by atoms with E-state index >= 15 is 0 Å². The number of hydrogen-bond acceptors (Lipinski definition) is 4. The van der Waals surface area contributed by atoms with Crippen molar-refractivity contribution in [2.45, 2.75) is 52.4 Å². The predicted octanol–water partition coefficient (Wildman–Crippen LogP) is 3.60. The Hall–Kier alpha value is -1.32. The molecule has 1 heterocycles. The van der Waals surface area contributed by atoms with E-state index in [0.29, 0.717) is 0 Å². The van der Waals surface area contributed by atoms with E-state index in [4.69, 9.17) is 0 Å². The zero-order valence-corrected chi connectivity index (χ0v) is 12.2. The molecule has 0 amide bonds. The molecule has 0 saturated heterocycles. The van der Waals surface area contributed by atoms with Gasteiger partial charge in [-0.2, -0.15) is 0 Å². The van der Waals surface area contributed by atoms with Crippen molar-refractivity contribution in [3.05, 3.63) is 11.9 Å². The average Bonchev–Trinajstić information content (AvgIpc) is 2.92. The minimum absolute atomic E-state index is 0.923. The Kier molecular flexibility index (Phi) is 5.43. The van der Waals surface area contributed by atoms with Crippen LogP contribution >= 0.6 is 0 Å². The van der Waals surface area contributed by atoms with Crippen molar-refractivity contribution in [3.8, 4) is 0 Å². The first-order valence-corrected chi connectivity index (χ1v) is 7.60. The van der Waals surface area contributed by atoms with Crippen LogP contribution in [-0.4, -0.2) is 23.1 Å². The molecule has 1 aliphatic rings. The second kappa shape index (κ2) is 7.31. The smallest absolute Gasteiger partial charge is 0.134 e. The first kappa shape index (κ1) is 14.1. The molecule has 0 radical (unpaired) electrons. The van der Waals surface area contributed by atoms with Crippen LogP contribution in [0.25, 0.3) is 0 Å². The van der Waals surface area contributed by atoms with E-state index in [2.05, 4.69) is 34.4 Å². The van der Waals surface area contributed by atoms with Gasteiger partial charge in [-0.1, -0.05) is 32.6 Å². The number of rotatable bonds is 7. The van der Waals surface area contributed by atoms with Crippen LogP contribution in [-0.2, 0) is 0 Å². The molecular formula is C15H26N4. The van der Waals surface area contributed by atoms with Crippen LogP contribution in [0.5, 0.6) is 0 Å². The van der Waals surface area contributed by atoms with Crippen LogP contribution < -0.4 is 10.6 Å². The number of nitrogens with zero attached hydrogens (tertiary/aromatic N) is 2. The summed E-state index contributed by atoms with van der Waals surface area (Å²) in [6.07, 6.45) is 9.67. The summed E-state index contributed by atoms with van der Waals surface area (Å²) in [6, 6.07) is 0. The molecule has 19 heavy (non-hydrogen) atoms. The van der Waals surface area contributed by atoms with Gasteiger partial charge in [0.15, 0.2) is 0 Å². The summed E-state index contributed by atoms with van der Waals surface area (Å²) >= 11 is 0. The van der Waals surface area contributed by atoms with Crippen molar-refractivity contribution in [2.24, 2.45) is 5.92 Å². The maximum absolute atomic E-state index is 4.35. The van der Waals surface area contributed by atoms with E-state index in [0.717, 1.165) is 42.6 Å². The standard InChI is InChI=1S/C15H26N4/c1-3-9-16-14-12(2)15(19-11-18-14)17-10-8-13-6-4-5-7-13/h11,13H,3-10H2,1-2H3,(H2,16,17,18,19). The summed E-state index contributed by atoms with van der Waals surface area (Å²) in [5.74, 6) is 2.86. The second-order valence-corrected chi connectivity index (χ2v) is 5.49. The Morgan fingerprint density at radius 1 is 1.11 bits per heavy atom. The van der Waals surface area contributed by atoms with Gasteiger partial charge in [0.05, 0.1) is 0 Å². The molecule has 0 bridgehead atoms. The molecule has 0 aliphatic heterocycles. The van der Waals surface area contributed by atoms with Crippen LogP contribution in [0.3, 0.4) is 0 Å². The number of hydrogen-bond donors (Lipinski definition) is 2. The highest BCUT2D eigenvalue weighted by molar-refractivity contribution is 5.56. The molecule has 0 unspecified atom stereocenters. The van der Waals surface area contributed by atoms with Crippen molar-refractivity contribution in [1.82, 2.24) is 9.97 Å². The van der Waals surface area contributed by atoms with E-state index in [9.17, 15) is 0 Å². The van der Waals surface area contributed by atoms with Gasteiger partial charge in [0.2, 0.25) is 0 Å². The van der Waals surface area contributed by atoms with Gasteiger partial charge >= 0.3 is 0 Å². The van der Waals surface area contributed by atoms with Gasteiger partial charge in [-0.25, -0.2) is 9.97 Å². The van der Waals surface area contributed by atoms with E-state index in [1.807, 2.05) is 0 Å². The van der Waals surface area contributed by atoms with Crippen molar-refractivity contribution < 1.29 is 0 Å². The monoisotopic (exact) mass is 262 g/mol. The van der Waals surface area contributed by atoms with Gasteiger partial charge in [-0.15, -0.1) is 0 Å². The fourth-order valence-corrected chi connectivity index (χ4v) is 2.74. The van der Waals surface area contributed by atoms with Crippen LogP contribution in [0.4, 0.5) is 11.6 Å². The first-order chi connectivity index (χ1) is 9.31. The normalized spacial score (nSPS) is 15.7. The molecule has 1 fully saturated rings. The van der Waals surface area contributed by atoms with Crippen LogP contribution in [0.15, 0.2) is 6.33 Å². The number of anilines is 2. The maximum atomic E-state index is 4.35. The molecule has 4 nitrogen and oxygen atoms in total. The fraction of sp³-hybridized carbons (Fsp3) is 0.733. The summed E-state index contributed by atoms with van der Waals surface area (Å²) in [4.78, 5) is 8.65. The lowest BCUT2D eigenvalue weighted by molar-refractivity contribution is 0.518. The topological polar surface area (TPSA) is 49.8 Å². The lowest BCUT2D eigenvalue weighted by atomic mass is 10.0. The Labute approximate surface area is 116 Å². The summed E-state index contributed by atoms with van der Waals surface area (Å²) < 4.78 is 0. The highest BCUT2D eigenvalue weighted by atomic mass is 15.1. The second-order valence-electron chi connectivity index (χ2n) is 5.49. The molecule has 1 aliphatic carbocycles. The third kappa shape index (κ3) is 4.08. The van der Waals surface area contributed by atoms with Gasteiger partial charge < -0.3 is 10.6 Å². The van der Waals surface area contributed by atoms with Crippen molar-refractivity contribution in [1.29, 1.82) is 0 Å². The highest BCUT2D eigenvalue weighted by Gasteiger charge is 2.14. The average molecular weight is 262 g/mol. The first-order valence-electron chi connectivity index (χ1n) is 7.60. The van der Waals surface area contributed by atoms with Crippen molar-refractivity contribution >= 4 is 11.6 Å². The highest BCUT2D eigenvalue weighted by Crippen LogP contribution is 2.27. The van der Waals surface area contributed by atoms with Gasteiger partial charge in [0, 0.05) is 18.7 Å². The molecule has 1 aromatic rings. The summed E-state index contributed by atoms with van der Waals surface area (Å²) in [7, 11) is 0.